The molecule has 2 aliphatic rings. The number of aromatic nitrogens is 4. The Hall–Kier alpha value is -3.20. The van der Waals surface area contributed by atoms with Crippen LogP contribution in [0.25, 0.3) is 11.0 Å². The molecule has 14 heteroatoms. The van der Waals surface area contributed by atoms with Crippen LogP contribution < -0.4 is 15.7 Å². The summed E-state index contributed by atoms with van der Waals surface area (Å²) in [5.41, 5.74) is 1.43. The second kappa shape index (κ2) is 12.5. The molecule has 0 spiro atoms. The number of anilines is 2. The Labute approximate surface area is 267 Å². The molecule has 3 aromatic rings. The Bertz CT molecular complexity index is 1500. The zero-order valence-electron chi connectivity index (χ0n) is 28.1. The van der Waals surface area contributed by atoms with E-state index in [1.54, 1.807) is 6.33 Å². The number of nitrogens with one attached hydrogen (secondary N) is 1. The van der Waals surface area contributed by atoms with Gasteiger partial charge in [0, 0.05) is 39.4 Å². The molecule has 45 heavy (non-hydrogen) atoms. The van der Waals surface area contributed by atoms with Gasteiger partial charge in [0.1, 0.15) is 30.3 Å². The van der Waals surface area contributed by atoms with E-state index in [4.69, 9.17) is 19.0 Å². The van der Waals surface area contributed by atoms with Crippen molar-refractivity contribution in [2.24, 2.45) is 0 Å². The maximum absolute atomic E-state index is 11.7. The first kappa shape index (κ1) is 33.2. The first-order valence-electron chi connectivity index (χ1n) is 15.8. The highest BCUT2D eigenvalue weighted by atomic mass is 28.3. The number of carboxylic acid groups (broad SMARTS) is 1. The van der Waals surface area contributed by atoms with E-state index in [1.165, 1.54) is 4.90 Å². The minimum absolute atomic E-state index is 0.138. The summed E-state index contributed by atoms with van der Waals surface area (Å²) < 4.78 is 21.1. The highest BCUT2D eigenvalue weighted by Gasteiger charge is 2.52. The molecule has 0 unspecified atom stereocenters. The molecular formula is C31H48BN7O5Si. The van der Waals surface area contributed by atoms with Crippen LogP contribution in [0.3, 0.4) is 0 Å². The number of nitrogens with zero attached hydrogens (tertiary/aromatic N) is 6. The lowest BCUT2D eigenvalue weighted by atomic mass is 9.79. The van der Waals surface area contributed by atoms with Crippen LogP contribution in [0, 0.1) is 0 Å². The molecule has 2 N–H and O–H groups in total. The molecule has 0 aliphatic carbocycles. The van der Waals surface area contributed by atoms with E-state index in [1.807, 2.05) is 70.5 Å². The molecule has 5 heterocycles. The third kappa shape index (κ3) is 7.13. The van der Waals surface area contributed by atoms with E-state index in [2.05, 4.69) is 39.8 Å². The van der Waals surface area contributed by atoms with Crippen molar-refractivity contribution < 1.29 is 23.9 Å². The van der Waals surface area contributed by atoms with Gasteiger partial charge < -0.3 is 33.9 Å². The molecule has 2 atom stereocenters. The maximum Gasteiger partial charge on any atom is 0.497 e. The standard InChI is InChI=1S/C31H48BN7O5Si/c1-21-16-37(17-22(2)39(21)29(40)41)25-12-10-11-23(36-25)15-33-27-26-24(32-43-30(3,4)31(5,6)44-32)18-38(28(26)35-19-34-27)20-42-13-14-45(7,8)9/h10-12,18-19,21-22H,13-17,20H2,1-9H3,(H,40,41)(H,33,34,35)/t21-,22+. The van der Waals surface area contributed by atoms with E-state index in [-0.39, 0.29) is 12.1 Å². The van der Waals surface area contributed by atoms with Crippen LogP contribution in [0.15, 0.2) is 30.7 Å². The molecule has 0 radical (unpaired) electrons. The van der Waals surface area contributed by atoms with Gasteiger partial charge in [0.25, 0.3) is 0 Å². The van der Waals surface area contributed by atoms with Crippen molar-refractivity contribution in [1.82, 2.24) is 24.4 Å². The minimum atomic E-state index is -1.22. The molecule has 2 fully saturated rings. The topological polar surface area (TPSA) is 127 Å². The Balaban J connectivity index is 1.40. The number of ether oxygens (including phenoxy) is 1. The summed E-state index contributed by atoms with van der Waals surface area (Å²) in [6, 6.07) is 6.74. The lowest BCUT2D eigenvalue weighted by molar-refractivity contribution is 0.00578. The maximum atomic E-state index is 11.7. The monoisotopic (exact) mass is 637 g/mol. The van der Waals surface area contributed by atoms with Gasteiger partial charge in [-0.3, -0.25) is 4.90 Å². The SMILES string of the molecule is C[C@@H]1CN(c2cccc(CNc3ncnc4c3c(B3OC(C)(C)C(C)(C)O3)cn4COCC[Si](C)(C)C)n2)C[C@H](C)N1C(=O)O. The normalized spacial score (nSPS) is 21.5. The van der Waals surface area contributed by atoms with Crippen LogP contribution in [0.5, 0.6) is 0 Å². The van der Waals surface area contributed by atoms with Crippen LogP contribution in [0.2, 0.25) is 25.7 Å². The number of pyridine rings is 1. The molecule has 0 aromatic carbocycles. The number of fused-ring (bicyclic) bond motifs is 1. The van der Waals surface area contributed by atoms with Crippen LogP contribution in [-0.2, 0) is 27.3 Å². The molecule has 3 aromatic heterocycles. The predicted molar refractivity (Wildman–Crippen MR) is 180 cm³/mol. The fourth-order valence-electron chi connectivity index (χ4n) is 5.88. The Morgan fingerprint density at radius 2 is 1.78 bits per heavy atom. The van der Waals surface area contributed by atoms with E-state index in [9.17, 15) is 9.90 Å². The summed E-state index contributed by atoms with van der Waals surface area (Å²) in [6.45, 7) is 21.7. The summed E-state index contributed by atoms with van der Waals surface area (Å²) in [7, 11) is -1.82. The average Bonchev–Trinajstić information content (AvgIpc) is 3.42. The predicted octanol–water partition coefficient (Wildman–Crippen LogP) is 4.63. The number of carbonyl (C=O) groups is 1. The van der Waals surface area contributed by atoms with Crippen molar-refractivity contribution in [3.05, 3.63) is 36.4 Å². The van der Waals surface area contributed by atoms with Crippen molar-refractivity contribution in [3.63, 3.8) is 0 Å². The van der Waals surface area contributed by atoms with Crippen molar-refractivity contribution >= 4 is 49.4 Å². The van der Waals surface area contributed by atoms with E-state index in [0.29, 0.717) is 38.8 Å². The molecule has 244 valence electrons. The second-order valence-corrected chi connectivity index (χ2v) is 20.2. The number of hydrogen-bond acceptors (Lipinski definition) is 9. The van der Waals surface area contributed by atoms with Crippen LogP contribution in [-0.4, -0.2) is 93.8 Å². The summed E-state index contributed by atoms with van der Waals surface area (Å²) >= 11 is 0. The van der Waals surface area contributed by atoms with Crippen molar-refractivity contribution in [1.29, 1.82) is 0 Å². The number of rotatable bonds is 10. The highest BCUT2D eigenvalue weighted by Crippen LogP contribution is 2.37. The molecule has 2 aliphatic heterocycles. The lowest BCUT2D eigenvalue weighted by Gasteiger charge is -2.43. The van der Waals surface area contributed by atoms with E-state index >= 15 is 0 Å². The molecule has 2 saturated heterocycles. The van der Waals surface area contributed by atoms with Crippen molar-refractivity contribution in [3.8, 4) is 0 Å². The van der Waals surface area contributed by atoms with Gasteiger partial charge in [0.2, 0.25) is 0 Å². The summed E-state index contributed by atoms with van der Waals surface area (Å²) in [5.74, 6) is 1.49. The van der Waals surface area contributed by atoms with Gasteiger partial charge in [0.05, 0.1) is 40.9 Å². The second-order valence-electron chi connectivity index (χ2n) is 14.5. The van der Waals surface area contributed by atoms with E-state index in [0.717, 1.165) is 34.1 Å². The van der Waals surface area contributed by atoms with Crippen LogP contribution in [0.1, 0.15) is 47.2 Å². The number of hydrogen-bond donors (Lipinski definition) is 2. The minimum Gasteiger partial charge on any atom is -0.465 e. The van der Waals surface area contributed by atoms with Crippen molar-refractivity contribution in [2.45, 2.75) is 104 Å². The number of amides is 1. The van der Waals surface area contributed by atoms with Gasteiger partial charge in [-0.05, 0) is 59.7 Å². The smallest absolute Gasteiger partial charge is 0.465 e. The summed E-state index contributed by atoms with van der Waals surface area (Å²) in [5, 5.41) is 13.9. The Morgan fingerprint density at radius 3 is 2.40 bits per heavy atom. The zero-order valence-corrected chi connectivity index (χ0v) is 29.1. The van der Waals surface area contributed by atoms with Crippen LogP contribution >= 0.6 is 0 Å². The number of piperazine rings is 1. The van der Waals surface area contributed by atoms with Gasteiger partial charge in [-0.25, -0.2) is 19.7 Å². The first-order chi connectivity index (χ1) is 21.1. The lowest BCUT2D eigenvalue weighted by Crippen LogP contribution is -2.58. The van der Waals surface area contributed by atoms with E-state index < -0.39 is 32.5 Å². The molecule has 12 nitrogen and oxygen atoms in total. The third-order valence-corrected chi connectivity index (χ3v) is 10.8. The van der Waals surface area contributed by atoms with Gasteiger partial charge in [-0.1, -0.05) is 25.7 Å². The van der Waals surface area contributed by atoms with Crippen LogP contribution in [0.4, 0.5) is 16.4 Å². The zero-order chi connectivity index (χ0) is 32.7. The molecule has 1 amide bonds. The summed E-state index contributed by atoms with van der Waals surface area (Å²) in [6.07, 6.45) is 2.69. The molecule has 0 bridgehead atoms. The largest absolute Gasteiger partial charge is 0.497 e. The first-order valence-corrected chi connectivity index (χ1v) is 19.5. The third-order valence-electron chi connectivity index (χ3n) is 9.11. The van der Waals surface area contributed by atoms with Gasteiger partial charge >= 0.3 is 13.2 Å². The van der Waals surface area contributed by atoms with Gasteiger partial charge in [0.15, 0.2) is 0 Å². The quantitative estimate of drug-likeness (QED) is 0.240. The fraction of sp³-hybridized carbons (Fsp3) is 0.613. The molecule has 0 saturated carbocycles. The highest BCUT2D eigenvalue weighted by molar-refractivity contribution is 6.76. The van der Waals surface area contributed by atoms with Gasteiger partial charge in [-0.15, -0.1) is 0 Å². The Morgan fingerprint density at radius 1 is 1.11 bits per heavy atom. The molecule has 5 rings (SSSR count). The summed E-state index contributed by atoms with van der Waals surface area (Å²) in [4.78, 5) is 29.6. The van der Waals surface area contributed by atoms with Crippen molar-refractivity contribution in [2.75, 3.05) is 29.9 Å². The van der Waals surface area contributed by atoms with Gasteiger partial charge in [-0.2, -0.15) is 0 Å². The Kier molecular flexibility index (Phi) is 9.24. The fourth-order valence-corrected chi connectivity index (χ4v) is 6.64. The molecular weight excluding hydrogens is 589 g/mol. The average molecular weight is 638 g/mol.